The largest absolute Gasteiger partial charge is 0.392 e. The Morgan fingerprint density at radius 3 is 2.41 bits per heavy atom. The Bertz CT molecular complexity index is 794. The second kappa shape index (κ2) is 7.75. The first-order valence-electron chi connectivity index (χ1n) is 9.27. The van der Waals surface area contributed by atoms with Crippen molar-refractivity contribution in [2.24, 2.45) is 11.8 Å². The molecule has 1 N–H and O–H groups in total. The van der Waals surface area contributed by atoms with Crippen LogP contribution >= 0.6 is 0 Å². The number of nitrogens with one attached hydrogen (secondary N) is 1. The van der Waals surface area contributed by atoms with E-state index in [1.807, 2.05) is 25.1 Å². The number of alkyl halides is 3. The number of carbonyl (C=O) groups excluding carboxylic acids is 1. The molecule has 0 saturated heterocycles. The van der Waals surface area contributed by atoms with E-state index in [9.17, 15) is 18.0 Å². The zero-order chi connectivity index (χ0) is 19.6. The summed E-state index contributed by atoms with van der Waals surface area (Å²) in [6, 6.07) is 14.1. The third kappa shape index (κ3) is 5.12. The van der Waals surface area contributed by atoms with E-state index in [1.54, 1.807) is 30.3 Å². The van der Waals surface area contributed by atoms with E-state index in [4.69, 9.17) is 0 Å². The topological polar surface area (TPSA) is 29.1 Å². The molecule has 1 fully saturated rings. The molecule has 2 nitrogen and oxygen atoms in total. The molecule has 0 radical (unpaired) electrons. The molecule has 0 aromatic heterocycles. The van der Waals surface area contributed by atoms with E-state index in [-0.39, 0.29) is 0 Å². The van der Waals surface area contributed by atoms with Gasteiger partial charge in [0.25, 0.3) is 0 Å². The molecule has 1 amide bonds. The van der Waals surface area contributed by atoms with Crippen LogP contribution in [0.2, 0.25) is 0 Å². The van der Waals surface area contributed by atoms with Gasteiger partial charge in [-0.05, 0) is 55.4 Å². The first-order valence-corrected chi connectivity index (χ1v) is 9.27. The van der Waals surface area contributed by atoms with Gasteiger partial charge in [-0.15, -0.1) is 0 Å². The summed E-state index contributed by atoms with van der Waals surface area (Å²) in [5.74, 6) is -3.01. The van der Waals surface area contributed by atoms with Gasteiger partial charge in [0.05, 0.1) is 11.8 Å². The lowest BCUT2D eigenvalue weighted by Crippen LogP contribution is -2.34. The highest BCUT2D eigenvalue weighted by Gasteiger charge is 2.44. The summed E-state index contributed by atoms with van der Waals surface area (Å²) < 4.78 is 40.2. The fraction of sp³-hybridized carbons (Fsp3) is 0.409. The maximum absolute atomic E-state index is 13.4. The SMILES string of the molecule is Cc1ccc(C(C(=O)Nc2cccc(CC3CC3)c2)C(C)C(F)(F)F)cc1. The second-order valence-electron chi connectivity index (χ2n) is 7.56. The molecule has 3 rings (SSSR count). The highest BCUT2D eigenvalue weighted by atomic mass is 19.4. The fourth-order valence-corrected chi connectivity index (χ4v) is 3.28. The summed E-state index contributed by atoms with van der Waals surface area (Å²) >= 11 is 0. The van der Waals surface area contributed by atoms with Crippen LogP contribution in [0.4, 0.5) is 18.9 Å². The van der Waals surface area contributed by atoms with Crippen LogP contribution in [-0.2, 0) is 11.2 Å². The predicted molar refractivity (Wildman–Crippen MR) is 101 cm³/mol. The third-order valence-electron chi connectivity index (χ3n) is 5.15. The molecule has 27 heavy (non-hydrogen) atoms. The van der Waals surface area contributed by atoms with Crippen molar-refractivity contribution in [2.45, 2.75) is 45.2 Å². The van der Waals surface area contributed by atoms with Gasteiger partial charge in [0.2, 0.25) is 5.91 Å². The van der Waals surface area contributed by atoms with Crippen LogP contribution in [0.25, 0.3) is 0 Å². The standard InChI is InChI=1S/C22H24F3NO/c1-14-6-10-18(11-7-14)20(15(2)22(23,24)25)21(27)26-19-5-3-4-17(13-19)12-16-8-9-16/h3-7,10-11,13,15-16,20H,8-9,12H2,1-2H3,(H,26,27). The van der Waals surface area contributed by atoms with Crippen LogP contribution in [0, 0.1) is 18.8 Å². The van der Waals surface area contributed by atoms with Crippen LogP contribution in [0.1, 0.15) is 42.4 Å². The van der Waals surface area contributed by atoms with Gasteiger partial charge in [-0.1, -0.05) is 48.9 Å². The molecule has 0 heterocycles. The van der Waals surface area contributed by atoms with Crippen molar-refractivity contribution in [1.82, 2.24) is 0 Å². The molecule has 2 aromatic carbocycles. The van der Waals surface area contributed by atoms with Crippen molar-refractivity contribution >= 4 is 11.6 Å². The third-order valence-corrected chi connectivity index (χ3v) is 5.15. The predicted octanol–water partition coefficient (Wildman–Crippen LogP) is 5.87. The monoisotopic (exact) mass is 375 g/mol. The summed E-state index contributed by atoms with van der Waals surface area (Å²) in [6.07, 6.45) is -1.07. The maximum atomic E-state index is 13.4. The van der Waals surface area contributed by atoms with Crippen LogP contribution in [-0.4, -0.2) is 12.1 Å². The second-order valence-corrected chi connectivity index (χ2v) is 7.56. The molecule has 5 heteroatoms. The van der Waals surface area contributed by atoms with Crippen LogP contribution in [0.5, 0.6) is 0 Å². The van der Waals surface area contributed by atoms with Gasteiger partial charge in [-0.25, -0.2) is 0 Å². The van der Waals surface area contributed by atoms with Gasteiger partial charge < -0.3 is 5.32 Å². The Kier molecular flexibility index (Phi) is 5.59. The zero-order valence-electron chi connectivity index (χ0n) is 15.5. The lowest BCUT2D eigenvalue weighted by molar-refractivity contribution is -0.178. The Hall–Kier alpha value is -2.30. The van der Waals surface area contributed by atoms with Gasteiger partial charge in [0, 0.05) is 5.69 Å². The summed E-state index contributed by atoms with van der Waals surface area (Å²) in [5.41, 5.74) is 2.96. The number of benzene rings is 2. The average molecular weight is 375 g/mol. The van der Waals surface area contributed by atoms with E-state index >= 15 is 0 Å². The quantitative estimate of drug-likeness (QED) is 0.672. The molecule has 0 bridgehead atoms. The number of amides is 1. The summed E-state index contributed by atoms with van der Waals surface area (Å²) in [5, 5.41) is 2.70. The van der Waals surface area contributed by atoms with Crippen molar-refractivity contribution in [3.63, 3.8) is 0 Å². The number of carbonyl (C=O) groups is 1. The number of halogens is 3. The smallest absolute Gasteiger partial charge is 0.326 e. The molecule has 1 saturated carbocycles. The van der Waals surface area contributed by atoms with Gasteiger partial charge in [-0.3, -0.25) is 4.79 Å². The van der Waals surface area contributed by atoms with Gasteiger partial charge in [0.15, 0.2) is 0 Å². The Morgan fingerprint density at radius 1 is 1.15 bits per heavy atom. The van der Waals surface area contributed by atoms with E-state index in [1.165, 1.54) is 12.8 Å². The number of hydrogen-bond acceptors (Lipinski definition) is 1. The van der Waals surface area contributed by atoms with Crippen molar-refractivity contribution in [1.29, 1.82) is 0 Å². The van der Waals surface area contributed by atoms with Gasteiger partial charge in [-0.2, -0.15) is 13.2 Å². The molecule has 0 aliphatic heterocycles. The summed E-state index contributed by atoms with van der Waals surface area (Å²) in [7, 11) is 0. The molecule has 2 atom stereocenters. The summed E-state index contributed by atoms with van der Waals surface area (Å²) in [6.45, 7) is 2.92. The Morgan fingerprint density at radius 2 is 1.81 bits per heavy atom. The Balaban J connectivity index is 1.83. The minimum Gasteiger partial charge on any atom is -0.326 e. The van der Waals surface area contributed by atoms with Crippen molar-refractivity contribution in [2.75, 3.05) is 5.32 Å². The number of aryl methyl sites for hydroxylation is 1. The summed E-state index contributed by atoms with van der Waals surface area (Å²) in [4.78, 5) is 12.8. The number of hydrogen-bond donors (Lipinski definition) is 1. The minimum atomic E-state index is -4.46. The average Bonchev–Trinajstić information content (AvgIpc) is 3.40. The highest BCUT2D eigenvalue weighted by Crippen LogP contribution is 2.38. The molecule has 1 aliphatic rings. The lowest BCUT2D eigenvalue weighted by atomic mass is 9.85. The molecule has 0 spiro atoms. The molecule has 1 aliphatic carbocycles. The normalized spacial score (nSPS) is 16.6. The maximum Gasteiger partial charge on any atom is 0.392 e. The number of rotatable bonds is 6. The zero-order valence-corrected chi connectivity index (χ0v) is 15.5. The van der Waals surface area contributed by atoms with Crippen LogP contribution in [0.3, 0.4) is 0 Å². The molecular weight excluding hydrogens is 351 g/mol. The first kappa shape index (κ1) is 19.5. The van der Waals surface area contributed by atoms with E-state index in [0.29, 0.717) is 17.2 Å². The van der Waals surface area contributed by atoms with Crippen LogP contribution in [0.15, 0.2) is 48.5 Å². The number of anilines is 1. The first-order chi connectivity index (χ1) is 12.7. The highest BCUT2D eigenvalue weighted by molar-refractivity contribution is 5.96. The molecule has 2 aromatic rings. The van der Waals surface area contributed by atoms with E-state index in [2.05, 4.69) is 5.32 Å². The fourth-order valence-electron chi connectivity index (χ4n) is 3.28. The Labute approximate surface area is 157 Å². The van der Waals surface area contributed by atoms with Crippen molar-refractivity contribution in [3.05, 3.63) is 65.2 Å². The molecule has 2 unspecified atom stereocenters. The van der Waals surface area contributed by atoms with Gasteiger partial charge >= 0.3 is 6.18 Å². The van der Waals surface area contributed by atoms with Crippen LogP contribution < -0.4 is 5.32 Å². The minimum absolute atomic E-state index is 0.372. The lowest BCUT2D eigenvalue weighted by Gasteiger charge is -2.26. The van der Waals surface area contributed by atoms with Crippen molar-refractivity contribution < 1.29 is 18.0 Å². The molecule has 144 valence electrons. The van der Waals surface area contributed by atoms with Crippen molar-refractivity contribution in [3.8, 4) is 0 Å². The van der Waals surface area contributed by atoms with E-state index < -0.39 is 23.9 Å². The van der Waals surface area contributed by atoms with E-state index in [0.717, 1.165) is 24.5 Å². The molecular formula is C22H24F3NO. The van der Waals surface area contributed by atoms with Gasteiger partial charge in [0.1, 0.15) is 0 Å².